The fourth-order valence-corrected chi connectivity index (χ4v) is 4.55. The Balaban J connectivity index is 1.94. The fraction of sp³-hybridized carbons (Fsp3) is 0.333. The van der Waals surface area contributed by atoms with Gasteiger partial charge >= 0.3 is 0 Å². The Kier molecular flexibility index (Phi) is 4.55. The third-order valence-corrected chi connectivity index (χ3v) is 5.77. The highest BCUT2D eigenvalue weighted by Gasteiger charge is 2.25. The largest absolute Gasteiger partial charge is 0.312 e. The quantitative estimate of drug-likeness (QED) is 0.659. The van der Waals surface area contributed by atoms with Crippen LogP contribution < -0.4 is 5.32 Å². The van der Waals surface area contributed by atoms with Crippen molar-refractivity contribution in [2.45, 2.75) is 33.1 Å². The molecule has 25 heavy (non-hydrogen) atoms. The number of carbonyl (C=O) groups is 1. The van der Waals surface area contributed by atoms with Gasteiger partial charge in [0.2, 0.25) is 0 Å². The Morgan fingerprint density at radius 3 is 2.92 bits per heavy atom. The van der Waals surface area contributed by atoms with Crippen LogP contribution in [0.15, 0.2) is 18.2 Å². The number of nitro groups is 1. The van der Waals surface area contributed by atoms with Crippen LogP contribution in [0.3, 0.4) is 0 Å². The summed E-state index contributed by atoms with van der Waals surface area (Å²) in [6, 6.07) is 6.63. The van der Waals surface area contributed by atoms with Crippen LogP contribution in [0.1, 0.15) is 45.3 Å². The van der Waals surface area contributed by atoms with Crippen molar-refractivity contribution in [1.82, 2.24) is 0 Å². The third-order valence-electron chi connectivity index (χ3n) is 4.60. The van der Waals surface area contributed by atoms with Crippen LogP contribution in [-0.4, -0.2) is 10.8 Å². The second-order valence-corrected chi connectivity index (χ2v) is 7.43. The first-order chi connectivity index (χ1) is 11.9. The third kappa shape index (κ3) is 3.13. The van der Waals surface area contributed by atoms with Gasteiger partial charge in [-0.3, -0.25) is 14.9 Å². The van der Waals surface area contributed by atoms with Crippen LogP contribution in [0.2, 0.25) is 0 Å². The molecule has 1 N–H and O–H groups in total. The SMILES string of the molecule is Cc1c(C(=O)Nc2sc3c(c2C#N)CC[C@H](C)C3)cccc1[N+](=O)[O-]. The van der Waals surface area contributed by atoms with Crippen LogP contribution in [0.4, 0.5) is 10.7 Å². The Morgan fingerprint density at radius 2 is 2.24 bits per heavy atom. The molecule has 3 rings (SSSR count). The zero-order valence-electron chi connectivity index (χ0n) is 14.0. The van der Waals surface area contributed by atoms with Crippen molar-refractivity contribution in [3.05, 3.63) is 55.4 Å². The van der Waals surface area contributed by atoms with Gasteiger partial charge in [-0.1, -0.05) is 13.0 Å². The molecule has 1 aliphatic rings. The molecule has 0 fully saturated rings. The molecule has 0 aliphatic heterocycles. The molecule has 1 aliphatic carbocycles. The number of nitrogens with zero attached hydrogens (tertiary/aromatic N) is 2. The van der Waals surface area contributed by atoms with Crippen molar-refractivity contribution in [2.24, 2.45) is 5.92 Å². The van der Waals surface area contributed by atoms with Gasteiger partial charge in [-0.2, -0.15) is 5.26 Å². The van der Waals surface area contributed by atoms with Gasteiger partial charge in [0.05, 0.1) is 10.5 Å². The Labute approximate surface area is 149 Å². The summed E-state index contributed by atoms with van der Waals surface area (Å²) in [5.74, 6) is 0.143. The molecule has 1 aromatic heterocycles. The molecule has 0 spiro atoms. The lowest BCUT2D eigenvalue weighted by Gasteiger charge is -2.17. The Hall–Kier alpha value is -2.72. The van der Waals surface area contributed by atoms with Gasteiger partial charge in [-0.15, -0.1) is 11.3 Å². The molecule has 6 nitrogen and oxygen atoms in total. The number of amides is 1. The monoisotopic (exact) mass is 355 g/mol. The number of nitriles is 1. The molecule has 1 heterocycles. The standard InChI is InChI=1S/C18H17N3O3S/c1-10-6-7-13-14(9-19)18(25-16(13)8-10)20-17(22)12-4-3-5-15(11(12)2)21(23)24/h3-5,10H,6-8H2,1-2H3,(H,20,22)/t10-/m0/s1. The van der Waals surface area contributed by atoms with E-state index >= 15 is 0 Å². The number of benzene rings is 1. The zero-order valence-corrected chi connectivity index (χ0v) is 14.8. The van der Waals surface area contributed by atoms with Gasteiger partial charge in [0.15, 0.2) is 0 Å². The van der Waals surface area contributed by atoms with E-state index in [1.807, 2.05) is 0 Å². The number of nitrogens with one attached hydrogen (secondary N) is 1. The van der Waals surface area contributed by atoms with Gasteiger partial charge in [0.25, 0.3) is 11.6 Å². The molecule has 0 bridgehead atoms. The molecule has 1 atom stereocenters. The molecule has 2 aromatic rings. The fourth-order valence-electron chi connectivity index (χ4n) is 3.19. The minimum atomic E-state index is -0.502. The van der Waals surface area contributed by atoms with Crippen molar-refractivity contribution in [3.8, 4) is 6.07 Å². The Morgan fingerprint density at radius 1 is 1.48 bits per heavy atom. The van der Waals surface area contributed by atoms with E-state index < -0.39 is 10.8 Å². The van der Waals surface area contributed by atoms with Crippen molar-refractivity contribution in [2.75, 3.05) is 5.32 Å². The Bertz CT molecular complexity index is 911. The summed E-state index contributed by atoms with van der Waals surface area (Å²) >= 11 is 1.44. The summed E-state index contributed by atoms with van der Waals surface area (Å²) in [6.07, 6.45) is 2.80. The van der Waals surface area contributed by atoms with E-state index in [0.29, 0.717) is 22.0 Å². The first-order valence-corrected chi connectivity index (χ1v) is 8.84. The molecule has 0 radical (unpaired) electrons. The molecule has 0 unspecified atom stereocenters. The van der Waals surface area contributed by atoms with Gasteiger partial charge in [-0.25, -0.2) is 0 Å². The highest BCUT2D eigenvalue weighted by Crippen LogP contribution is 2.39. The van der Waals surface area contributed by atoms with Crippen molar-refractivity contribution >= 4 is 27.9 Å². The van der Waals surface area contributed by atoms with Crippen molar-refractivity contribution in [3.63, 3.8) is 0 Å². The average molecular weight is 355 g/mol. The summed E-state index contributed by atoms with van der Waals surface area (Å²) in [5, 5.41) is 23.9. The van der Waals surface area contributed by atoms with E-state index in [0.717, 1.165) is 29.7 Å². The van der Waals surface area contributed by atoms with E-state index in [2.05, 4.69) is 18.3 Å². The smallest absolute Gasteiger partial charge is 0.273 e. The summed E-state index contributed by atoms with van der Waals surface area (Å²) in [5.41, 5.74) is 2.05. The first kappa shape index (κ1) is 17.1. The molecule has 7 heteroatoms. The highest BCUT2D eigenvalue weighted by atomic mass is 32.1. The lowest BCUT2D eigenvalue weighted by atomic mass is 9.88. The number of anilines is 1. The van der Waals surface area contributed by atoms with Crippen LogP contribution in [0.25, 0.3) is 0 Å². The van der Waals surface area contributed by atoms with Gasteiger partial charge < -0.3 is 5.32 Å². The molecule has 0 saturated heterocycles. The van der Waals surface area contributed by atoms with Gasteiger partial charge in [0.1, 0.15) is 11.1 Å². The van der Waals surface area contributed by atoms with Crippen LogP contribution in [0.5, 0.6) is 0 Å². The number of thiophene rings is 1. The summed E-state index contributed by atoms with van der Waals surface area (Å²) in [7, 11) is 0. The van der Waals surface area contributed by atoms with Gasteiger partial charge in [-0.05, 0) is 43.7 Å². The number of fused-ring (bicyclic) bond motifs is 1. The molecular weight excluding hydrogens is 338 g/mol. The van der Waals surface area contributed by atoms with Crippen LogP contribution in [-0.2, 0) is 12.8 Å². The van der Waals surface area contributed by atoms with Gasteiger partial charge in [0, 0.05) is 22.1 Å². The normalized spacial score (nSPS) is 16.0. The van der Waals surface area contributed by atoms with E-state index in [1.165, 1.54) is 23.5 Å². The second kappa shape index (κ2) is 6.65. The van der Waals surface area contributed by atoms with E-state index in [-0.39, 0.29) is 11.3 Å². The number of nitro benzene ring substituents is 1. The summed E-state index contributed by atoms with van der Waals surface area (Å²) in [4.78, 5) is 24.3. The average Bonchev–Trinajstić information content (AvgIpc) is 2.90. The molecule has 1 amide bonds. The number of hydrogen-bond acceptors (Lipinski definition) is 5. The minimum Gasteiger partial charge on any atom is -0.312 e. The maximum Gasteiger partial charge on any atom is 0.273 e. The van der Waals surface area contributed by atoms with Crippen molar-refractivity contribution in [1.29, 1.82) is 5.26 Å². The predicted octanol–water partition coefficient (Wildman–Crippen LogP) is 4.21. The van der Waals surface area contributed by atoms with E-state index in [9.17, 15) is 20.2 Å². The zero-order chi connectivity index (χ0) is 18.1. The summed E-state index contributed by atoms with van der Waals surface area (Å²) < 4.78 is 0. The number of rotatable bonds is 3. The lowest BCUT2D eigenvalue weighted by molar-refractivity contribution is -0.385. The van der Waals surface area contributed by atoms with E-state index in [1.54, 1.807) is 13.0 Å². The predicted molar refractivity (Wildman–Crippen MR) is 96.0 cm³/mol. The molecule has 128 valence electrons. The highest BCUT2D eigenvalue weighted by molar-refractivity contribution is 7.16. The topological polar surface area (TPSA) is 96.0 Å². The number of carbonyl (C=O) groups excluding carboxylic acids is 1. The maximum absolute atomic E-state index is 12.6. The summed E-state index contributed by atoms with van der Waals surface area (Å²) in [6.45, 7) is 3.73. The van der Waals surface area contributed by atoms with E-state index in [4.69, 9.17) is 0 Å². The van der Waals surface area contributed by atoms with Crippen molar-refractivity contribution < 1.29 is 9.72 Å². The number of hydrogen-bond donors (Lipinski definition) is 1. The molecule has 0 saturated carbocycles. The molecule has 1 aromatic carbocycles. The maximum atomic E-state index is 12.6. The van der Waals surface area contributed by atoms with Crippen LogP contribution in [0, 0.1) is 34.3 Å². The second-order valence-electron chi connectivity index (χ2n) is 6.33. The first-order valence-electron chi connectivity index (χ1n) is 8.02. The minimum absolute atomic E-state index is 0.0903. The lowest BCUT2D eigenvalue weighted by Crippen LogP contribution is -2.14. The van der Waals surface area contributed by atoms with Crippen LogP contribution >= 0.6 is 11.3 Å². The molecular formula is C18H17N3O3S.